The van der Waals surface area contributed by atoms with Gasteiger partial charge in [0.15, 0.2) is 5.13 Å². The lowest BCUT2D eigenvalue weighted by molar-refractivity contribution is -0.145. The molecule has 0 amide bonds. The number of benzene rings is 2. The van der Waals surface area contributed by atoms with Crippen molar-refractivity contribution < 1.29 is 9.53 Å². The Morgan fingerprint density at radius 1 is 1.26 bits per heavy atom. The minimum absolute atomic E-state index is 0.259. The maximum absolute atomic E-state index is 12.4. The number of fused-ring (bicyclic) bond motifs is 1. The molecular formula is C18H18N2O2S. The third kappa shape index (κ3) is 3.35. The van der Waals surface area contributed by atoms with Gasteiger partial charge in [0.2, 0.25) is 0 Å². The van der Waals surface area contributed by atoms with Gasteiger partial charge >= 0.3 is 5.97 Å². The largest absolute Gasteiger partial charge is 0.465 e. The number of nitrogens with zero attached hydrogens (tertiary/aromatic N) is 1. The van der Waals surface area contributed by atoms with Gasteiger partial charge in [-0.2, -0.15) is 0 Å². The molecule has 0 aliphatic rings. The van der Waals surface area contributed by atoms with Gasteiger partial charge in [0.25, 0.3) is 0 Å². The van der Waals surface area contributed by atoms with E-state index in [0.717, 1.165) is 16.3 Å². The number of nitrogen functional groups attached to an aromatic ring is 1. The summed E-state index contributed by atoms with van der Waals surface area (Å²) in [5.74, 6) is -0.694. The molecule has 1 heterocycles. The number of thiazole rings is 1. The van der Waals surface area contributed by atoms with Gasteiger partial charge in [-0.1, -0.05) is 42.5 Å². The second kappa shape index (κ2) is 6.79. The molecule has 0 saturated carbocycles. The molecule has 1 atom stereocenters. The number of carbonyl (C=O) groups is 1. The summed E-state index contributed by atoms with van der Waals surface area (Å²) in [6, 6.07) is 14.3. The Hall–Kier alpha value is -2.40. The number of esters is 1. The molecule has 5 heteroatoms. The predicted molar refractivity (Wildman–Crippen MR) is 93.6 cm³/mol. The van der Waals surface area contributed by atoms with E-state index in [1.54, 1.807) is 0 Å². The molecule has 1 unspecified atom stereocenters. The van der Waals surface area contributed by atoms with Crippen LogP contribution in [0.15, 0.2) is 47.8 Å². The van der Waals surface area contributed by atoms with Crippen molar-refractivity contribution in [2.45, 2.75) is 19.3 Å². The van der Waals surface area contributed by atoms with Crippen LogP contribution in [0, 0.1) is 0 Å². The molecule has 1 aromatic heterocycles. The molecule has 3 aromatic rings. The molecule has 4 nitrogen and oxygen atoms in total. The SMILES string of the molecule is CCOC(=O)C(Cc1cccc2ccccc12)c1csc(N)n1. The normalized spacial score (nSPS) is 12.2. The van der Waals surface area contributed by atoms with E-state index < -0.39 is 5.92 Å². The lowest BCUT2D eigenvalue weighted by Gasteiger charge is -2.15. The minimum Gasteiger partial charge on any atom is -0.465 e. The maximum atomic E-state index is 12.4. The van der Waals surface area contributed by atoms with E-state index in [0.29, 0.717) is 23.9 Å². The van der Waals surface area contributed by atoms with Crippen LogP contribution in [0.1, 0.15) is 24.1 Å². The third-order valence-electron chi connectivity index (χ3n) is 3.77. The fourth-order valence-corrected chi connectivity index (χ4v) is 3.32. The highest BCUT2D eigenvalue weighted by Crippen LogP contribution is 2.28. The summed E-state index contributed by atoms with van der Waals surface area (Å²) in [6.07, 6.45) is 0.545. The quantitative estimate of drug-likeness (QED) is 0.725. The molecule has 0 saturated heterocycles. The van der Waals surface area contributed by atoms with Crippen LogP contribution < -0.4 is 5.73 Å². The highest BCUT2D eigenvalue weighted by atomic mass is 32.1. The number of hydrogen-bond acceptors (Lipinski definition) is 5. The predicted octanol–water partition coefficient (Wildman–Crippen LogP) is 3.77. The molecule has 2 N–H and O–H groups in total. The lowest BCUT2D eigenvalue weighted by atomic mass is 9.93. The monoisotopic (exact) mass is 326 g/mol. The topological polar surface area (TPSA) is 65.2 Å². The number of carbonyl (C=O) groups excluding carboxylic acids is 1. The molecule has 0 aliphatic carbocycles. The molecule has 0 radical (unpaired) electrons. The standard InChI is InChI=1S/C18H18N2O2S/c1-2-22-17(21)15(16-11-23-18(19)20-16)10-13-8-5-7-12-6-3-4-9-14(12)13/h3-9,11,15H,2,10H2,1H3,(H2,19,20). The van der Waals surface area contributed by atoms with Crippen molar-refractivity contribution in [1.82, 2.24) is 4.98 Å². The Kier molecular flexibility index (Phi) is 4.57. The number of hydrogen-bond donors (Lipinski definition) is 1. The zero-order valence-electron chi connectivity index (χ0n) is 12.9. The fourth-order valence-electron chi connectivity index (χ4n) is 2.70. The van der Waals surface area contributed by atoms with E-state index in [2.05, 4.69) is 23.2 Å². The lowest BCUT2D eigenvalue weighted by Crippen LogP contribution is -2.19. The van der Waals surface area contributed by atoms with Crippen molar-refractivity contribution in [1.29, 1.82) is 0 Å². The van der Waals surface area contributed by atoms with Crippen LogP contribution in [-0.2, 0) is 16.0 Å². The average molecular weight is 326 g/mol. The van der Waals surface area contributed by atoms with Crippen molar-refractivity contribution in [3.63, 3.8) is 0 Å². The van der Waals surface area contributed by atoms with Gasteiger partial charge in [-0.05, 0) is 29.7 Å². The van der Waals surface area contributed by atoms with Gasteiger partial charge in [0, 0.05) is 5.38 Å². The number of ether oxygens (including phenoxy) is 1. The van der Waals surface area contributed by atoms with E-state index >= 15 is 0 Å². The molecule has 0 fully saturated rings. The van der Waals surface area contributed by atoms with Crippen molar-refractivity contribution in [3.8, 4) is 0 Å². The van der Waals surface area contributed by atoms with Crippen LogP contribution in [-0.4, -0.2) is 17.6 Å². The van der Waals surface area contributed by atoms with Gasteiger partial charge < -0.3 is 10.5 Å². The highest BCUT2D eigenvalue weighted by molar-refractivity contribution is 7.13. The van der Waals surface area contributed by atoms with Crippen molar-refractivity contribution in [3.05, 3.63) is 59.1 Å². The maximum Gasteiger partial charge on any atom is 0.315 e. The molecule has 0 spiro atoms. The summed E-state index contributed by atoms with van der Waals surface area (Å²) >= 11 is 1.34. The smallest absolute Gasteiger partial charge is 0.315 e. The Morgan fingerprint density at radius 3 is 2.78 bits per heavy atom. The molecular weight excluding hydrogens is 308 g/mol. The Bertz CT molecular complexity index is 823. The van der Waals surface area contributed by atoms with Crippen LogP contribution in [0.4, 0.5) is 5.13 Å². The zero-order valence-corrected chi connectivity index (χ0v) is 13.7. The first-order valence-corrected chi connectivity index (χ1v) is 8.41. The Balaban J connectivity index is 1.98. The van der Waals surface area contributed by atoms with Crippen molar-refractivity contribution >= 4 is 33.2 Å². The van der Waals surface area contributed by atoms with Crippen LogP contribution in [0.2, 0.25) is 0 Å². The minimum atomic E-state index is -0.436. The fraction of sp³-hybridized carbons (Fsp3) is 0.222. The third-order valence-corrected chi connectivity index (χ3v) is 4.46. The van der Waals surface area contributed by atoms with Gasteiger partial charge in [-0.25, -0.2) is 4.98 Å². The Morgan fingerprint density at radius 2 is 2.04 bits per heavy atom. The van der Waals surface area contributed by atoms with Gasteiger partial charge in [-0.15, -0.1) is 11.3 Å². The van der Waals surface area contributed by atoms with E-state index in [9.17, 15) is 4.79 Å². The molecule has 2 aromatic carbocycles. The summed E-state index contributed by atoms with van der Waals surface area (Å²) in [6.45, 7) is 2.16. The molecule has 23 heavy (non-hydrogen) atoms. The van der Waals surface area contributed by atoms with Crippen molar-refractivity contribution in [2.75, 3.05) is 12.3 Å². The van der Waals surface area contributed by atoms with E-state index in [1.807, 2.05) is 36.6 Å². The average Bonchev–Trinajstić information content (AvgIpc) is 2.99. The summed E-state index contributed by atoms with van der Waals surface area (Å²) in [5.41, 5.74) is 7.51. The first-order valence-electron chi connectivity index (χ1n) is 7.53. The van der Waals surface area contributed by atoms with E-state index in [1.165, 1.54) is 11.3 Å². The Labute approximate surface area is 138 Å². The summed E-state index contributed by atoms with van der Waals surface area (Å²) in [4.78, 5) is 16.7. The van der Waals surface area contributed by atoms with Gasteiger partial charge in [0.1, 0.15) is 5.92 Å². The number of rotatable bonds is 5. The number of aromatic nitrogens is 1. The molecule has 0 bridgehead atoms. The first-order chi connectivity index (χ1) is 11.2. The molecule has 118 valence electrons. The van der Waals surface area contributed by atoms with Crippen LogP contribution in [0.5, 0.6) is 0 Å². The number of anilines is 1. The van der Waals surface area contributed by atoms with Gasteiger partial charge in [-0.3, -0.25) is 4.79 Å². The van der Waals surface area contributed by atoms with Crippen LogP contribution >= 0.6 is 11.3 Å². The summed E-state index contributed by atoms with van der Waals surface area (Å²) < 4.78 is 5.24. The summed E-state index contributed by atoms with van der Waals surface area (Å²) in [5, 5.41) is 4.60. The highest BCUT2D eigenvalue weighted by Gasteiger charge is 2.25. The van der Waals surface area contributed by atoms with Crippen LogP contribution in [0.3, 0.4) is 0 Å². The first kappa shape index (κ1) is 15.5. The zero-order chi connectivity index (χ0) is 16.2. The second-order valence-electron chi connectivity index (χ2n) is 5.26. The summed E-state index contributed by atoms with van der Waals surface area (Å²) in [7, 11) is 0. The number of nitrogens with two attached hydrogens (primary N) is 1. The van der Waals surface area contributed by atoms with Crippen molar-refractivity contribution in [2.24, 2.45) is 0 Å². The second-order valence-corrected chi connectivity index (χ2v) is 6.15. The van der Waals surface area contributed by atoms with E-state index in [-0.39, 0.29) is 5.97 Å². The molecule has 0 aliphatic heterocycles. The van der Waals surface area contributed by atoms with Gasteiger partial charge in [0.05, 0.1) is 12.3 Å². The molecule has 3 rings (SSSR count). The van der Waals surface area contributed by atoms with E-state index in [4.69, 9.17) is 10.5 Å². The van der Waals surface area contributed by atoms with Crippen LogP contribution in [0.25, 0.3) is 10.8 Å².